The highest BCUT2D eigenvalue weighted by Crippen LogP contribution is 2.18. The minimum Gasteiger partial charge on any atom is -0.496 e. The van der Waals surface area contributed by atoms with Crippen LogP contribution in [0.1, 0.15) is 17.2 Å². The average molecular weight is 500 g/mol. The summed E-state index contributed by atoms with van der Waals surface area (Å²) < 4.78 is 18.9. The molecule has 0 aliphatic carbocycles. The molecule has 0 spiro atoms. The Labute approximate surface area is 184 Å². The predicted molar refractivity (Wildman–Crippen MR) is 124 cm³/mol. The molecule has 2 aromatic rings. The molecule has 28 heavy (non-hydrogen) atoms. The summed E-state index contributed by atoms with van der Waals surface area (Å²) in [6.07, 6.45) is 0.825. The van der Waals surface area contributed by atoms with E-state index in [1.54, 1.807) is 26.3 Å². The molecule has 2 N–H and O–H groups in total. The van der Waals surface area contributed by atoms with Gasteiger partial charge in [0.15, 0.2) is 5.96 Å². The molecule has 1 atom stereocenters. The van der Waals surface area contributed by atoms with Gasteiger partial charge in [0, 0.05) is 20.1 Å². The first-order chi connectivity index (χ1) is 13.0. The number of hydrogen-bond acceptors (Lipinski definition) is 3. The van der Waals surface area contributed by atoms with E-state index in [0.717, 1.165) is 29.8 Å². The van der Waals surface area contributed by atoms with Gasteiger partial charge in [-0.25, -0.2) is 4.39 Å². The van der Waals surface area contributed by atoms with Crippen LogP contribution in [0, 0.1) is 5.82 Å². The van der Waals surface area contributed by atoms with E-state index in [4.69, 9.17) is 4.74 Å². The normalized spacial score (nSPS) is 12.3. The number of methoxy groups -OCH3 is 1. The molecule has 0 fully saturated rings. The Hall–Kier alpha value is -1.87. The lowest BCUT2D eigenvalue weighted by Gasteiger charge is -2.26. The second kappa shape index (κ2) is 12.6. The van der Waals surface area contributed by atoms with Crippen LogP contribution >= 0.6 is 24.0 Å². The number of ether oxygens (including phenoxy) is 1. The van der Waals surface area contributed by atoms with Crippen LogP contribution in [0.5, 0.6) is 5.75 Å². The molecule has 0 amide bonds. The summed E-state index contributed by atoms with van der Waals surface area (Å²) in [6.45, 7) is 1.34. The maximum absolute atomic E-state index is 13.6. The van der Waals surface area contributed by atoms with Gasteiger partial charge in [0.1, 0.15) is 11.6 Å². The number of rotatable bonds is 8. The van der Waals surface area contributed by atoms with Gasteiger partial charge in [0.05, 0.1) is 13.2 Å². The molecule has 0 bridgehead atoms. The zero-order valence-electron chi connectivity index (χ0n) is 16.9. The Bertz CT molecular complexity index is 755. The third-order valence-corrected chi connectivity index (χ3v) is 4.42. The summed E-state index contributed by atoms with van der Waals surface area (Å²) in [4.78, 5) is 6.33. The van der Waals surface area contributed by atoms with E-state index in [1.807, 2.05) is 38.4 Å². The van der Waals surface area contributed by atoms with Crippen LogP contribution in [0.15, 0.2) is 53.5 Å². The number of hydrogen-bond donors (Lipinski definition) is 2. The lowest BCUT2D eigenvalue weighted by Crippen LogP contribution is -2.42. The number of aliphatic imine (C=N–C) groups is 1. The minimum absolute atomic E-state index is 0. The fraction of sp³-hybridized carbons (Fsp3) is 0.381. The average Bonchev–Trinajstić information content (AvgIpc) is 2.67. The van der Waals surface area contributed by atoms with Crippen LogP contribution in [0.4, 0.5) is 4.39 Å². The van der Waals surface area contributed by atoms with Gasteiger partial charge in [-0.05, 0) is 49.8 Å². The molecule has 0 heterocycles. The van der Waals surface area contributed by atoms with Crippen LogP contribution in [0.3, 0.4) is 0 Å². The first kappa shape index (κ1) is 24.2. The molecule has 0 saturated carbocycles. The quantitative estimate of drug-likeness (QED) is 0.331. The van der Waals surface area contributed by atoms with Gasteiger partial charge in [-0.3, -0.25) is 4.99 Å². The monoisotopic (exact) mass is 500 g/mol. The number of likely N-dealkylation sites (N-methyl/N-ethyl adjacent to an activating group) is 1. The van der Waals surface area contributed by atoms with E-state index in [2.05, 4.69) is 26.6 Å². The van der Waals surface area contributed by atoms with Gasteiger partial charge in [-0.15, -0.1) is 24.0 Å². The summed E-state index contributed by atoms with van der Waals surface area (Å²) in [6, 6.07) is 14.7. The van der Waals surface area contributed by atoms with Gasteiger partial charge < -0.3 is 20.3 Å². The lowest BCUT2D eigenvalue weighted by atomic mass is 10.1. The standard InChI is InChI=1S/C21H29FN4O.HI/c1-23-21(24-13-12-16-8-5-6-11-20(16)27-4)25-15-19(26(2)3)17-9-7-10-18(22)14-17;/h5-11,14,19H,12-13,15H2,1-4H3,(H2,23,24,25);1H. The molecule has 2 aromatic carbocycles. The van der Waals surface area contributed by atoms with Crippen LogP contribution in [0.25, 0.3) is 0 Å². The minimum atomic E-state index is -0.223. The Morgan fingerprint density at radius 3 is 2.54 bits per heavy atom. The van der Waals surface area contributed by atoms with Gasteiger partial charge in [0.2, 0.25) is 0 Å². The topological polar surface area (TPSA) is 48.9 Å². The molecule has 0 radical (unpaired) electrons. The van der Waals surface area contributed by atoms with Crippen molar-refractivity contribution in [2.45, 2.75) is 12.5 Å². The van der Waals surface area contributed by atoms with Crippen molar-refractivity contribution in [3.63, 3.8) is 0 Å². The summed E-state index contributed by atoms with van der Waals surface area (Å²) in [5.41, 5.74) is 2.07. The fourth-order valence-corrected chi connectivity index (χ4v) is 2.95. The molecular weight excluding hydrogens is 470 g/mol. The molecule has 7 heteroatoms. The second-order valence-electron chi connectivity index (χ2n) is 6.48. The zero-order chi connectivity index (χ0) is 19.6. The number of nitrogens with zero attached hydrogens (tertiary/aromatic N) is 2. The third-order valence-electron chi connectivity index (χ3n) is 4.42. The van der Waals surface area contributed by atoms with Crippen molar-refractivity contribution in [3.8, 4) is 5.75 Å². The molecule has 0 aliphatic rings. The number of para-hydroxylation sites is 1. The molecular formula is C21H30FIN4O. The van der Waals surface area contributed by atoms with Crippen molar-refractivity contribution < 1.29 is 9.13 Å². The van der Waals surface area contributed by atoms with Gasteiger partial charge in [-0.2, -0.15) is 0 Å². The van der Waals surface area contributed by atoms with E-state index >= 15 is 0 Å². The number of guanidine groups is 1. The summed E-state index contributed by atoms with van der Waals surface area (Å²) in [7, 11) is 7.39. The highest BCUT2D eigenvalue weighted by Gasteiger charge is 2.15. The third kappa shape index (κ3) is 7.27. The Morgan fingerprint density at radius 1 is 1.14 bits per heavy atom. The molecule has 0 saturated heterocycles. The van der Waals surface area contributed by atoms with Gasteiger partial charge in [-0.1, -0.05) is 30.3 Å². The highest BCUT2D eigenvalue weighted by molar-refractivity contribution is 14.0. The predicted octanol–water partition coefficient (Wildman–Crippen LogP) is 3.46. The highest BCUT2D eigenvalue weighted by atomic mass is 127. The van der Waals surface area contributed by atoms with Crippen molar-refractivity contribution in [2.24, 2.45) is 4.99 Å². The number of halogens is 2. The van der Waals surface area contributed by atoms with Gasteiger partial charge in [0.25, 0.3) is 0 Å². The summed E-state index contributed by atoms with van der Waals surface area (Å²) in [5.74, 6) is 1.38. The van der Waals surface area contributed by atoms with E-state index in [1.165, 1.54) is 6.07 Å². The Kier molecular flexibility index (Phi) is 10.8. The lowest BCUT2D eigenvalue weighted by molar-refractivity contribution is 0.297. The van der Waals surface area contributed by atoms with Crippen molar-refractivity contribution in [3.05, 3.63) is 65.5 Å². The van der Waals surface area contributed by atoms with Crippen LogP contribution in [0.2, 0.25) is 0 Å². The smallest absolute Gasteiger partial charge is 0.191 e. The fourth-order valence-electron chi connectivity index (χ4n) is 2.95. The first-order valence-corrected chi connectivity index (χ1v) is 9.03. The number of benzene rings is 2. The maximum atomic E-state index is 13.6. The Morgan fingerprint density at radius 2 is 1.89 bits per heavy atom. The van der Waals surface area contributed by atoms with Crippen LogP contribution in [-0.4, -0.2) is 52.2 Å². The maximum Gasteiger partial charge on any atom is 0.191 e. The van der Waals surface area contributed by atoms with E-state index < -0.39 is 0 Å². The molecule has 0 aromatic heterocycles. The molecule has 2 rings (SSSR count). The first-order valence-electron chi connectivity index (χ1n) is 9.03. The van der Waals surface area contributed by atoms with Crippen molar-refractivity contribution in [1.29, 1.82) is 0 Å². The van der Waals surface area contributed by atoms with Crippen LogP contribution in [-0.2, 0) is 6.42 Å². The zero-order valence-corrected chi connectivity index (χ0v) is 19.2. The van der Waals surface area contributed by atoms with Crippen molar-refractivity contribution in [2.75, 3.05) is 41.3 Å². The molecule has 0 aliphatic heterocycles. The largest absolute Gasteiger partial charge is 0.496 e. The number of nitrogens with one attached hydrogen (secondary N) is 2. The van der Waals surface area contributed by atoms with E-state index in [0.29, 0.717) is 12.5 Å². The summed E-state index contributed by atoms with van der Waals surface area (Å²) in [5, 5.41) is 6.64. The molecule has 5 nitrogen and oxygen atoms in total. The van der Waals surface area contributed by atoms with Crippen molar-refractivity contribution in [1.82, 2.24) is 15.5 Å². The SMILES string of the molecule is CN=C(NCCc1ccccc1OC)NCC(c1cccc(F)c1)N(C)C.I. The molecule has 1 unspecified atom stereocenters. The van der Waals surface area contributed by atoms with Crippen LogP contribution < -0.4 is 15.4 Å². The van der Waals surface area contributed by atoms with Gasteiger partial charge >= 0.3 is 0 Å². The molecule has 154 valence electrons. The van der Waals surface area contributed by atoms with E-state index in [-0.39, 0.29) is 35.8 Å². The van der Waals surface area contributed by atoms with E-state index in [9.17, 15) is 4.39 Å². The van der Waals surface area contributed by atoms with Crippen molar-refractivity contribution >= 4 is 29.9 Å². The second-order valence-corrected chi connectivity index (χ2v) is 6.48. The summed E-state index contributed by atoms with van der Waals surface area (Å²) >= 11 is 0. The Balaban J connectivity index is 0.00000392.